The first-order valence-electron chi connectivity index (χ1n) is 12.1. The van der Waals surface area contributed by atoms with Gasteiger partial charge in [0.15, 0.2) is 0 Å². The Morgan fingerprint density at radius 3 is 2.42 bits per heavy atom. The molecule has 4 heteroatoms. The van der Waals surface area contributed by atoms with Crippen molar-refractivity contribution in [1.29, 1.82) is 5.41 Å². The van der Waals surface area contributed by atoms with E-state index in [1.165, 1.54) is 11.8 Å². The molecule has 0 aromatic heterocycles. The number of ketones is 1. The third-order valence-electron chi connectivity index (χ3n) is 6.67. The van der Waals surface area contributed by atoms with Gasteiger partial charge in [-0.25, -0.2) is 0 Å². The van der Waals surface area contributed by atoms with Gasteiger partial charge < -0.3 is 14.9 Å². The zero-order valence-corrected chi connectivity index (χ0v) is 19.6. The Morgan fingerprint density at radius 2 is 1.82 bits per heavy atom. The number of Topliss-reactive ketones (excluding diaryl/α,β-unsaturated/α-hetero) is 1. The van der Waals surface area contributed by atoms with Crippen LogP contribution in [0.2, 0.25) is 0 Å². The van der Waals surface area contributed by atoms with Gasteiger partial charge in [-0.05, 0) is 98.5 Å². The number of terminal acetylenes is 1. The SMILES string of the molecule is C#Cc1ccc(OC[C@@H](CC)[C@H](CCC=N)c2ccc(OCCC3CCCC3=O)cc2)cc1. The van der Waals surface area contributed by atoms with Crippen LogP contribution in [-0.2, 0) is 4.79 Å². The number of nitrogens with one attached hydrogen (secondary N) is 1. The molecule has 0 aliphatic heterocycles. The van der Waals surface area contributed by atoms with Crippen molar-refractivity contribution < 1.29 is 14.3 Å². The molecule has 0 radical (unpaired) electrons. The van der Waals surface area contributed by atoms with Crippen molar-refractivity contribution >= 4 is 12.0 Å². The first-order valence-corrected chi connectivity index (χ1v) is 12.1. The standard InChI is InChI=1S/C29H35NO3/c1-3-22-10-14-27(15-11-22)33-21-23(4-2)28(8-6-19-30)24-12-16-26(17-13-24)32-20-18-25-7-5-9-29(25)31/h1,10-17,19,23,25,28,30H,4-9,18,20-21H2,2H3/t23-,25?,28+/m1/s1. The third-order valence-corrected chi connectivity index (χ3v) is 6.67. The number of ether oxygens (including phenoxy) is 2. The minimum atomic E-state index is 0.183. The Morgan fingerprint density at radius 1 is 1.12 bits per heavy atom. The van der Waals surface area contributed by atoms with Crippen LogP contribution in [0.15, 0.2) is 48.5 Å². The highest BCUT2D eigenvalue weighted by Gasteiger charge is 2.24. The van der Waals surface area contributed by atoms with E-state index >= 15 is 0 Å². The van der Waals surface area contributed by atoms with Crippen molar-refractivity contribution in [2.45, 2.75) is 57.8 Å². The largest absolute Gasteiger partial charge is 0.494 e. The molecule has 0 heterocycles. The van der Waals surface area contributed by atoms with E-state index in [4.69, 9.17) is 21.3 Å². The lowest BCUT2D eigenvalue weighted by atomic mass is 9.81. The van der Waals surface area contributed by atoms with Crippen LogP contribution in [0.3, 0.4) is 0 Å². The Hall–Kier alpha value is -3.06. The minimum Gasteiger partial charge on any atom is -0.494 e. The molecular weight excluding hydrogens is 410 g/mol. The Balaban J connectivity index is 1.59. The Kier molecular flexibility index (Phi) is 9.57. The molecule has 3 rings (SSSR count). The van der Waals surface area contributed by atoms with Gasteiger partial charge in [0.05, 0.1) is 13.2 Å². The fourth-order valence-electron chi connectivity index (χ4n) is 4.63. The minimum absolute atomic E-state index is 0.183. The Labute approximate surface area is 198 Å². The second kappa shape index (κ2) is 12.8. The van der Waals surface area contributed by atoms with E-state index in [2.05, 4.69) is 25.0 Å². The molecule has 2 aromatic rings. The maximum Gasteiger partial charge on any atom is 0.136 e. The highest BCUT2D eigenvalue weighted by Crippen LogP contribution is 2.33. The summed E-state index contributed by atoms with van der Waals surface area (Å²) in [6, 6.07) is 15.9. The topological polar surface area (TPSA) is 59.4 Å². The lowest BCUT2D eigenvalue weighted by Crippen LogP contribution is -2.20. The molecule has 3 atom stereocenters. The average molecular weight is 446 g/mol. The van der Waals surface area contributed by atoms with Gasteiger partial charge in [0.2, 0.25) is 0 Å². The summed E-state index contributed by atoms with van der Waals surface area (Å²) in [5.41, 5.74) is 2.09. The van der Waals surface area contributed by atoms with Gasteiger partial charge in [0.25, 0.3) is 0 Å². The summed E-state index contributed by atoms with van der Waals surface area (Å²) in [5.74, 6) is 5.49. The molecule has 0 spiro atoms. The van der Waals surface area contributed by atoms with E-state index in [1.54, 1.807) is 0 Å². The zero-order chi connectivity index (χ0) is 23.5. The summed E-state index contributed by atoms with van der Waals surface area (Å²) in [7, 11) is 0. The fraction of sp³-hybridized carbons (Fsp3) is 0.448. The third kappa shape index (κ3) is 7.22. The van der Waals surface area contributed by atoms with E-state index in [-0.39, 0.29) is 5.92 Å². The Bertz CT molecular complexity index is 927. The molecule has 0 amide bonds. The molecule has 33 heavy (non-hydrogen) atoms. The summed E-state index contributed by atoms with van der Waals surface area (Å²) < 4.78 is 12.0. The maximum atomic E-state index is 11.8. The lowest BCUT2D eigenvalue weighted by molar-refractivity contribution is -0.121. The number of hydrogen-bond acceptors (Lipinski definition) is 4. The summed E-state index contributed by atoms with van der Waals surface area (Å²) in [6.07, 6.45) is 13.1. The van der Waals surface area contributed by atoms with Crippen LogP contribution in [0.1, 0.15) is 68.9 Å². The van der Waals surface area contributed by atoms with Gasteiger partial charge in [-0.1, -0.05) is 25.0 Å². The summed E-state index contributed by atoms with van der Waals surface area (Å²) >= 11 is 0. The molecule has 1 fully saturated rings. The normalized spacial score (nSPS) is 17.2. The van der Waals surface area contributed by atoms with E-state index in [0.717, 1.165) is 62.0 Å². The van der Waals surface area contributed by atoms with Gasteiger partial charge >= 0.3 is 0 Å². The van der Waals surface area contributed by atoms with Crippen molar-refractivity contribution in [2.75, 3.05) is 13.2 Å². The number of hydrogen-bond donors (Lipinski definition) is 1. The van der Waals surface area contributed by atoms with Crippen LogP contribution in [0.4, 0.5) is 0 Å². The lowest BCUT2D eigenvalue weighted by Gasteiger charge is -2.27. The zero-order valence-electron chi connectivity index (χ0n) is 19.6. The van der Waals surface area contributed by atoms with Crippen molar-refractivity contribution in [3.63, 3.8) is 0 Å². The predicted molar refractivity (Wildman–Crippen MR) is 133 cm³/mol. The molecule has 0 bridgehead atoms. The van der Waals surface area contributed by atoms with Crippen LogP contribution < -0.4 is 9.47 Å². The van der Waals surface area contributed by atoms with E-state index in [1.807, 2.05) is 36.4 Å². The quantitative estimate of drug-likeness (QED) is 0.286. The first kappa shape index (κ1) is 24.6. The van der Waals surface area contributed by atoms with Crippen molar-refractivity contribution in [1.82, 2.24) is 0 Å². The first-order chi connectivity index (χ1) is 16.1. The van der Waals surface area contributed by atoms with Crippen molar-refractivity contribution in [3.8, 4) is 23.8 Å². The summed E-state index contributed by atoms with van der Waals surface area (Å²) in [4.78, 5) is 11.8. The molecule has 2 aromatic carbocycles. The van der Waals surface area contributed by atoms with Crippen LogP contribution in [0.5, 0.6) is 11.5 Å². The maximum absolute atomic E-state index is 11.8. The second-order valence-electron chi connectivity index (χ2n) is 8.80. The summed E-state index contributed by atoms with van der Waals surface area (Å²) in [5, 5.41) is 7.51. The number of rotatable bonds is 13. The highest BCUT2D eigenvalue weighted by atomic mass is 16.5. The van der Waals surface area contributed by atoms with Gasteiger partial charge in [-0.2, -0.15) is 0 Å². The molecule has 1 unspecified atom stereocenters. The molecule has 1 N–H and O–H groups in total. The highest BCUT2D eigenvalue weighted by molar-refractivity contribution is 5.82. The molecule has 1 aliphatic rings. The van der Waals surface area contributed by atoms with Crippen LogP contribution in [0.25, 0.3) is 0 Å². The number of carbonyl (C=O) groups is 1. The molecule has 1 aliphatic carbocycles. The molecule has 174 valence electrons. The molecular formula is C29H35NO3. The van der Waals surface area contributed by atoms with Gasteiger partial charge in [0.1, 0.15) is 17.3 Å². The second-order valence-corrected chi connectivity index (χ2v) is 8.80. The van der Waals surface area contributed by atoms with E-state index < -0.39 is 0 Å². The average Bonchev–Trinajstić information content (AvgIpc) is 3.26. The van der Waals surface area contributed by atoms with Gasteiger partial charge in [0, 0.05) is 17.9 Å². The van der Waals surface area contributed by atoms with Crippen molar-refractivity contribution in [3.05, 3.63) is 59.7 Å². The van der Waals surface area contributed by atoms with Crippen molar-refractivity contribution in [2.24, 2.45) is 11.8 Å². The van der Waals surface area contributed by atoms with Crippen LogP contribution >= 0.6 is 0 Å². The van der Waals surface area contributed by atoms with E-state index in [0.29, 0.717) is 30.8 Å². The van der Waals surface area contributed by atoms with Gasteiger partial charge in [-0.3, -0.25) is 4.79 Å². The molecule has 4 nitrogen and oxygen atoms in total. The fourth-order valence-corrected chi connectivity index (χ4v) is 4.63. The van der Waals surface area contributed by atoms with Gasteiger partial charge in [-0.15, -0.1) is 6.42 Å². The smallest absolute Gasteiger partial charge is 0.136 e. The number of carbonyl (C=O) groups excluding carboxylic acids is 1. The van der Waals surface area contributed by atoms with E-state index in [9.17, 15) is 4.79 Å². The summed E-state index contributed by atoms with van der Waals surface area (Å²) in [6.45, 7) is 3.38. The van der Waals surface area contributed by atoms with Crippen LogP contribution in [0, 0.1) is 29.6 Å². The molecule has 1 saturated carbocycles. The molecule has 0 saturated heterocycles. The monoisotopic (exact) mass is 445 g/mol. The van der Waals surface area contributed by atoms with Crippen LogP contribution in [-0.4, -0.2) is 25.2 Å². The number of benzene rings is 2. The predicted octanol–water partition coefficient (Wildman–Crippen LogP) is 6.42.